The molecular formula is C13H20N4O3. The predicted octanol–water partition coefficient (Wildman–Crippen LogP) is 0.00524. The van der Waals surface area contributed by atoms with Gasteiger partial charge < -0.3 is 15.0 Å². The summed E-state index contributed by atoms with van der Waals surface area (Å²) in [5, 5.41) is 9.51. The molecule has 1 aromatic heterocycles. The highest BCUT2D eigenvalue weighted by Crippen LogP contribution is 2.08. The highest BCUT2D eigenvalue weighted by molar-refractivity contribution is 5.96. The molecule has 1 aromatic rings. The summed E-state index contributed by atoms with van der Waals surface area (Å²) in [7, 11) is 0. The fourth-order valence-electron chi connectivity index (χ4n) is 2.23. The Morgan fingerprint density at radius 2 is 2.05 bits per heavy atom. The summed E-state index contributed by atoms with van der Waals surface area (Å²) in [6, 6.07) is 0. The first-order valence-electron chi connectivity index (χ1n) is 6.75. The molecule has 1 aliphatic rings. The monoisotopic (exact) mass is 280 g/mol. The summed E-state index contributed by atoms with van der Waals surface area (Å²) >= 11 is 0. The standard InChI is InChI=1S/C13H20N4O3/c1-9-12(10(2)16-15-9)13(19)14-4-3-11(18)17-5-7-20-8-6-17/h3-8H2,1-2H3,(H,14,19)(H,15,16). The largest absolute Gasteiger partial charge is 0.378 e. The van der Waals surface area contributed by atoms with Gasteiger partial charge in [-0.3, -0.25) is 14.7 Å². The van der Waals surface area contributed by atoms with Crippen molar-refractivity contribution in [2.75, 3.05) is 32.8 Å². The van der Waals surface area contributed by atoms with Crippen molar-refractivity contribution in [1.29, 1.82) is 0 Å². The Morgan fingerprint density at radius 3 is 2.65 bits per heavy atom. The smallest absolute Gasteiger partial charge is 0.255 e. The first kappa shape index (κ1) is 14.5. The number of carbonyl (C=O) groups excluding carboxylic acids is 2. The molecular weight excluding hydrogens is 260 g/mol. The molecule has 1 saturated heterocycles. The predicted molar refractivity (Wildman–Crippen MR) is 72.4 cm³/mol. The second-order valence-electron chi connectivity index (χ2n) is 4.81. The molecule has 20 heavy (non-hydrogen) atoms. The highest BCUT2D eigenvalue weighted by Gasteiger charge is 2.18. The number of nitrogens with zero attached hydrogens (tertiary/aromatic N) is 2. The van der Waals surface area contributed by atoms with E-state index in [1.165, 1.54) is 0 Å². The van der Waals surface area contributed by atoms with Gasteiger partial charge in [-0.05, 0) is 13.8 Å². The minimum absolute atomic E-state index is 0.0502. The fourth-order valence-corrected chi connectivity index (χ4v) is 2.23. The van der Waals surface area contributed by atoms with E-state index in [1.807, 2.05) is 0 Å². The molecule has 0 atom stereocenters. The van der Waals surface area contributed by atoms with Crippen LogP contribution in [0, 0.1) is 13.8 Å². The first-order valence-corrected chi connectivity index (χ1v) is 6.75. The van der Waals surface area contributed by atoms with E-state index in [4.69, 9.17) is 4.74 Å². The van der Waals surface area contributed by atoms with E-state index >= 15 is 0 Å². The maximum atomic E-state index is 12.0. The average molecular weight is 280 g/mol. The number of aryl methyl sites for hydroxylation is 2. The Hall–Kier alpha value is -1.89. The normalized spacial score (nSPS) is 15.2. The molecule has 7 nitrogen and oxygen atoms in total. The van der Waals surface area contributed by atoms with Crippen LogP contribution in [0.5, 0.6) is 0 Å². The van der Waals surface area contributed by atoms with Gasteiger partial charge in [-0.25, -0.2) is 0 Å². The summed E-state index contributed by atoms with van der Waals surface area (Å²) in [5.74, 6) is -0.141. The number of rotatable bonds is 4. The van der Waals surface area contributed by atoms with Gasteiger partial charge >= 0.3 is 0 Å². The van der Waals surface area contributed by atoms with Crippen LogP contribution in [-0.4, -0.2) is 59.8 Å². The molecule has 110 valence electrons. The Labute approximate surface area is 117 Å². The molecule has 0 saturated carbocycles. The molecule has 2 N–H and O–H groups in total. The van der Waals surface area contributed by atoms with Crippen molar-refractivity contribution in [1.82, 2.24) is 20.4 Å². The van der Waals surface area contributed by atoms with Crippen molar-refractivity contribution < 1.29 is 14.3 Å². The molecule has 2 amide bonds. The van der Waals surface area contributed by atoms with Crippen LogP contribution in [0.25, 0.3) is 0 Å². The third-order valence-corrected chi connectivity index (χ3v) is 3.34. The van der Waals surface area contributed by atoms with Crippen molar-refractivity contribution in [3.05, 3.63) is 17.0 Å². The van der Waals surface area contributed by atoms with Crippen LogP contribution in [-0.2, 0) is 9.53 Å². The van der Waals surface area contributed by atoms with Crippen molar-refractivity contribution >= 4 is 11.8 Å². The molecule has 7 heteroatoms. The van der Waals surface area contributed by atoms with Crippen LogP contribution in [0.15, 0.2) is 0 Å². The lowest BCUT2D eigenvalue weighted by atomic mass is 10.2. The summed E-state index contributed by atoms with van der Waals surface area (Å²) in [6.07, 6.45) is 0.307. The number of carbonyl (C=O) groups is 2. The number of amides is 2. The van der Waals surface area contributed by atoms with E-state index in [0.717, 1.165) is 5.69 Å². The number of aromatic nitrogens is 2. The van der Waals surface area contributed by atoms with E-state index in [9.17, 15) is 9.59 Å². The van der Waals surface area contributed by atoms with E-state index < -0.39 is 0 Å². The van der Waals surface area contributed by atoms with Gasteiger partial charge in [0.25, 0.3) is 5.91 Å². The van der Waals surface area contributed by atoms with E-state index in [1.54, 1.807) is 18.7 Å². The van der Waals surface area contributed by atoms with Crippen molar-refractivity contribution in [2.24, 2.45) is 0 Å². The van der Waals surface area contributed by atoms with E-state index in [2.05, 4.69) is 15.5 Å². The zero-order chi connectivity index (χ0) is 14.5. The molecule has 2 rings (SSSR count). The summed E-state index contributed by atoms with van der Waals surface area (Å²) < 4.78 is 5.19. The van der Waals surface area contributed by atoms with Crippen LogP contribution in [0.1, 0.15) is 28.2 Å². The van der Waals surface area contributed by atoms with Gasteiger partial charge in [-0.2, -0.15) is 5.10 Å². The molecule has 0 aliphatic carbocycles. The number of hydrogen-bond donors (Lipinski definition) is 2. The zero-order valence-electron chi connectivity index (χ0n) is 11.9. The number of morpholine rings is 1. The second-order valence-corrected chi connectivity index (χ2v) is 4.81. The van der Waals surface area contributed by atoms with Gasteiger partial charge in [0.2, 0.25) is 5.91 Å². The van der Waals surface area contributed by atoms with Crippen molar-refractivity contribution in [3.63, 3.8) is 0 Å². The number of aromatic amines is 1. The van der Waals surface area contributed by atoms with Gasteiger partial charge in [-0.15, -0.1) is 0 Å². The number of nitrogens with one attached hydrogen (secondary N) is 2. The van der Waals surface area contributed by atoms with Crippen LogP contribution in [0.2, 0.25) is 0 Å². The molecule has 0 unspecified atom stereocenters. The molecule has 0 aromatic carbocycles. The molecule has 0 bridgehead atoms. The van der Waals surface area contributed by atoms with E-state index in [-0.39, 0.29) is 11.8 Å². The Balaban J connectivity index is 1.78. The van der Waals surface area contributed by atoms with Crippen molar-refractivity contribution in [3.8, 4) is 0 Å². The quantitative estimate of drug-likeness (QED) is 0.813. The molecule has 1 aliphatic heterocycles. The fraction of sp³-hybridized carbons (Fsp3) is 0.615. The molecule has 0 radical (unpaired) electrons. The second kappa shape index (κ2) is 6.51. The van der Waals surface area contributed by atoms with Crippen LogP contribution < -0.4 is 5.32 Å². The van der Waals surface area contributed by atoms with Crippen LogP contribution in [0.4, 0.5) is 0 Å². The Morgan fingerprint density at radius 1 is 1.35 bits per heavy atom. The summed E-state index contributed by atoms with van der Waals surface area (Å²) in [6.45, 7) is 6.35. The maximum Gasteiger partial charge on any atom is 0.255 e. The highest BCUT2D eigenvalue weighted by atomic mass is 16.5. The number of hydrogen-bond acceptors (Lipinski definition) is 4. The third-order valence-electron chi connectivity index (χ3n) is 3.34. The van der Waals surface area contributed by atoms with Gasteiger partial charge in [-0.1, -0.05) is 0 Å². The lowest BCUT2D eigenvalue weighted by Gasteiger charge is -2.26. The van der Waals surface area contributed by atoms with Crippen molar-refractivity contribution in [2.45, 2.75) is 20.3 Å². The van der Waals surface area contributed by atoms with Gasteiger partial charge in [0.05, 0.1) is 24.5 Å². The summed E-state index contributed by atoms with van der Waals surface area (Å²) in [4.78, 5) is 25.7. The topological polar surface area (TPSA) is 87.3 Å². The van der Waals surface area contributed by atoms with Gasteiger partial charge in [0.15, 0.2) is 0 Å². The zero-order valence-corrected chi connectivity index (χ0v) is 11.9. The average Bonchev–Trinajstić information content (AvgIpc) is 2.79. The minimum Gasteiger partial charge on any atom is -0.378 e. The summed E-state index contributed by atoms with van der Waals surface area (Å²) in [5.41, 5.74) is 1.96. The lowest BCUT2D eigenvalue weighted by Crippen LogP contribution is -2.42. The number of ether oxygens (including phenoxy) is 1. The Bertz CT molecular complexity index is 472. The molecule has 2 heterocycles. The van der Waals surface area contributed by atoms with Gasteiger partial charge in [0.1, 0.15) is 0 Å². The van der Waals surface area contributed by atoms with E-state index in [0.29, 0.717) is 50.5 Å². The SMILES string of the molecule is Cc1n[nH]c(C)c1C(=O)NCCC(=O)N1CCOCC1. The first-order chi connectivity index (χ1) is 9.59. The minimum atomic E-state index is -0.191. The lowest BCUT2D eigenvalue weighted by molar-refractivity contribution is -0.135. The Kier molecular flexibility index (Phi) is 4.73. The number of H-pyrrole nitrogens is 1. The third kappa shape index (κ3) is 3.36. The molecule has 1 fully saturated rings. The maximum absolute atomic E-state index is 12.0. The van der Waals surface area contributed by atoms with Crippen LogP contribution in [0.3, 0.4) is 0 Å². The molecule has 0 spiro atoms. The van der Waals surface area contributed by atoms with Crippen LogP contribution >= 0.6 is 0 Å². The van der Waals surface area contributed by atoms with Gasteiger partial charge in [0, 0.05) is 31.7 Å².